The number of halogens is 1. The molecule has 1 aromatic carbocycles. The van der Waals surface area contributed by atoms with E-state index in [1.54, 1.807) is 0 Å². The second-order valence-corrected chi connectivity index (χ2v) is 5.37. The zero-order chi connectivity index (χ0) is 11.8. The van der Waals surface area contributed by atoms with Crippen LogP contribution in [0.15, 0.2) is 18.2 Å². The number of ether oxygens (including phenoxy) is 2. The van der Waals surface area contributed by atoms with Crippen LogP contribution in [0.25, 0.3) is 0 Å². The van der Waals surface area contributed by atoms with Gasteiger partial charge >= 0.3 is 0 Å². The van der Waals surface area contributed by atoms with Gasteiger partial charge in [-0.25, -0.2) is 0 Å². The molecule has 0 aromatic heterocycles. The molecule has 3 rings (SSSR count). The largest absolute Gasteiger partial charge is 0.493 e. The molecular weight excluding hydrogens is 236 g/mol. The van der Waals surface area contributed by atoms with Crippen LogP contribution in [-0.2, 0) is 11.2 Å². The lowest BCUT2D eigenvalue weighted by atomic mass is 9.92. The van der Waals surface area contributed by atoms with E-state index in [4.69, 9.17) is 21.1 Å². The molecule has 92 valence electrons. The summed E-state index contributed by atoms with van der Waals surface area (Å²) >= 11 is 6.59. The molecule has 0 N–H and O–H groups in total. The van der Waals surface area contributed by atoms with E-state index in [1.807, 2.05) is 6.07 Å². The van der Waals surface area contributed by atoms with Crippen molar-refractivity contribution in [3.8, 4) is 5.75 Å². The molecule has 2 aliphatic heterocycles. The van der Waals surface area contributed by atoms with Crippen LogP contribution in [0.4, 0.5) is 0 Å². The lowest BCUT2D eigenvalue weighted by Crippen LogP contribution is -2.16. The van der Waals surface area contributed by atoms with Gasteiger partial charge < -0.3 is 9.47 Å². The number of alkyl halides is 1. The molecule has 0 amide bonds. The van der Waals surface area contributed by atoms with Crippen LogP contribution in [0.5, 0.6) is 5.75 Å². The van der Waals surface area contributed by atoms with E-state index in [9.17, 15) is 0 Å². The normalized spacial score (nSPS) is 28.8. The Morgan fingerprint density at radius 2 is 2.24 bits per heavy atom. The smallest absolute Gasteiger partial charge is 0.122 e. The SMILES string of the molecule is CC1OCCC1C(Cl)c1ccc2c(c1)CCO2. The van der Waals surface area contributed by atoms with Crippen molar-refractivity contribution in [3.63, 3.8) is 0 Å². The predicted molar refractivity (Wildman–Crippen MR) is 67.8 cm³/mol. The number of hydrogen-bond acceptors (Lipinski definition) is 2. The molecule has 2 heterocycles. The summed E-state index contributed by atoms with van der Waals surface area (Å²) in [6.07, 6.45) is 2.33. The Morgan fingerprint density at radius 3 is 3.00 bits per heavy atom. The maximum absolute atomic E-state index is 6.59. The van der Waals surface area contributed by atoms with Crippen molar-refractivity contribution in [1.82, 2.24) is 0 Å². The van der Waals surface area contributed by atoms with Gasteiger partial charge in [-0.1, -0.05) is 12.1 Å². The third kappa shape index (κ3) is 2.04. The molecule has 1 fully saturated rings. The summed E-state index contributed by atoms with van der Waals surface area (Å²) < 4.78 is 11.1. The van der Waals surface area contributed by atoms with Gasteiger partial charge in [0.1, 0.15) is 5.75 Å². The second-order valence-electron chi connectivity index (χ2n) is 4.90. The monoisotopic (exact) mass is 252 g/mol. The zero-order valence-electron chi connectivity index (χ0n) is 9.99. The van der Waals surface area contributed by atoms with Gasteiger partial charge in [-0.2, -0.15) is 0 Å². The van der Waals surface area contributed by atoms with E-state index < -0.39 is 0 Å². The maximum atomic E-state index is 6.59. The lowest BCUT2D eigenvalue weighted by molar-refractivity contribution is 0.105. The molecule has 2 nitrogen and oxygen atoms in total. The molecule has 0 bridgehead atoms. The summed E-state index contributed by atoms with van der Waals surface area (Å²) in [5.74, 6) is 1.45. The molecule has 1 saturated heterocycles. The van der Waals surface area contributed by atoms with Crippen LogP contribution in [0.2, 0.25) is 0 Å². The van der Waals surface area contributed by atoms with Crippen LogP contribution in [0, 0.1) is 5.92 Å². The molecule has 0 radical (unpaired) electrons. The zero-order valence-corrected chi connectivity index (χ0v) is 10.7. The predicted octanol–water partition coefficient (Wildman–Crippen LogP) is 3.33. The van der Waals surface area contributed by atoms with Crippen molar-refractivity contribution in [2.24, 2.45) is 5.92 Å². The lowest BCUT2D eigenvalue weighted by Gasteiger charge is -2.20. The van der Waals surface area contributed by atoms with Crippen molar-refractivity contribution in [3.05, 3.63) is 29.3 Å². The highest BCUT2D eigenvalue weighted by atomic mass is 35.5. The Bertz CT molecular complexity index is 419. The summed E-state index contributed by atoms with van der Waals surface area (Å²) in [6, 6.07) is 6.34. The second kappa shape index (κ2) is 4.51. The van der Waals surface area contributed by atoms with Gasteiger partial charge in [-0.3, -0.25) is 0 Å². The van der Waals surface area contributed by atoms with Crippen molar-refractivity contribution in [2.45, 2.75) is 31.2 Å². The molecular formula is C14H17ClO2. The van der Waals surface area contributed by atoms with E-state index >= 15 is 0 Å². The van der Waals surface area contributed by atoms with Gasteiger partial charge in [0.05, 0.1) is 18.1 Å². The average Bonchev–Trinajstić information content (AvgIpc) is 2.95. The quantitative estimate of drug-likeness (QED) is 0.752. The van der Waals surface area contributed by atoms with Crippen LogP contribution < -0.4 is 4.74 Å². The summed E-state index contributed by atoms with van der Waals surface area (Å²) in [5, 5.41) is 0.0541. The van der Waals surface area contributed by atoms with Crippen molar-refractivity contribution >= 4 is 11.6 Å². The molecule has 0 spiro atoms. The number of rotatable bonds is 2. The van der Waals surface area contributed by atoms with Gasteiger partial charge in [0, 0.05) is 18.9 Å². The highest BCUT2D eigenvalue weighted by Gasteiger charge is 2.32. The van der Waals surface area contributed by atoms with E-state index in [1.165, 1.54) is 11.1 Å². The summed E-state index contributed by atoms with van der Waals surface area (Å²) in [6.45, 7) is 3.75. The summed E-state index contributed by atoms with van der Waals surface area (Å²) in [4.78, 5) is 0. The van der Waals surface area contributed by atoms with Crippen molar-refractivity contribution < 1.29 is 9.47 Å². The molecule has 0 saturated carbocycles. The Kier molecular flexibility index (Phi) is 3.01. The molecule has 3 atom stereocenters. The molecule has 2 aliphatic rings. The third-order valence-electron chi connectivity index (χ3n) is 3.84. The Hall–Kier alpha value is -0.730. The first-order valence-corrected chi connectivity index (χ1v) is 6.70. The van der Waals surface area contributed by atoms with Crippen molar-refractivity contribution in [2.75, 3.05) is 13.2 Å². The first kappa shape index (κ1) is 11.4. The summed E-state index contributed by atoms with van der Waals surface area (Å²) in [7, 11) is 0. The fraction of sp³-hybridized carbons (Fsp3) is 0.571. The standard InChI is InChI=1S/C14H17ClO2/c1-9-12(5-7-16-9)14(15)11-2-3-13-10(8-11)4-6-17-13/h2-3,8-9,12,14H,4-7H2,1H3. The minimum Gasteiger partial charge on any atom is -0.493 e. The topological polar surface area (TPSA) is 18.5 Å². The van der Waals surface area contributed by atoms with E-state index in [-0.39, 0.29) is 11.5 Å². The molecule has 3 unspecified atom stereocenters. The van der Waals surface area contributed by atoms with Gasteiger partial charge in [-0.05, 0) is 30.5 Å². The van der Waals surface area contributed by atoms with Crippen molar-refractivity contribution in [1.29, 1.82) is 0 Å². The Balaban J connectivity index is 1.83. The van der Waals surface area contributed by atoms with Gasteiger partial charge in [0.25, 0.3) is 0 Å². The van der Waals surface area contributed by atoms with Crippen LogP contribution in [0.3, 0.4) is 0 Å². The molecule has 0 aliphatic carbocycles. The van der Waals surface area contributed by atoms with E-state index in [2.05, 4.69) is 19.1 Å². The average molecular weight is 253 g/mol. The number of fused-ring (bicyclic) bond motifs is 1. The molecule has 17 heavy (non-hydrogen) atoms. The van der Waals surface area contributed by atoms with Gasteiger partial charge in [0.2, 0.25) is 0 Å². The first-order chi connectivity index (χ1) is 8.25. The van der Waals surface area contributed by atoms with Crippen LogP contribution in [-0.4, -0.2) is 19.3 Å². The van der Waals surface area contributed by atoms with Gasteiger partial charge in [-0.15, -0.1) is 11.6 Å². The first-order valence-electron chi connectivity index (χ1n) is 6.27. The third-order valence-corrected chi connectivity index (χ3v) is 4.42. The minimum absolute atomic E-state index is 0.0541. The van der Waals surface area contributed by atoms with E-state index in [0.29, 0.717) is 5.92 Å². The molecule has 3 heteroatoms. The fourth-order valence-corrected chi connectivity index (χ4v) is 3.22. The maximum Gasteiger partial charge on any atom is 0.122 e. The molecule has 1 aromatic rings. The number of hydrogen-bond donors (Lipinski definition) is 0. The minimum atomic E-state index is 0.0541. The highest BCUT2D eigenvalue weighted by molar-refractivity contribution is 6.21. The summed E-state index contributed by atoms with van der Waals surface area (Å²) in [5.41, 5.74) is 2.50. The van der Waals surface area contributed by atoms with Crippen LogP contribution >= 0.6 is 11.6 Å². The fourth-order valence-electron chi connectivity index (χ4n) is 2.76. The number of benzene rings is 1. The van der Waals surface area contributed by atoms with Gasteiger partial charge in [0.15, 0.2) is 0 Å². The van der Waals surface area contributed by atoms with Crippen LogP contribution in [0.1, 0.15) is 29.8 Å². The highest BCUT2D eigenvalue weighted by Crippen LogP contribution is 2.39. The van der Waals surface area contributed by atoms with E-state index in [0.717, 1.165) is 31.8 Å². The Labute approximate surface area is 107 Å². The Morgan fingerprint density at radius 1 is 1.35 bits per heavy atom.